The van der Waals surface area contributed by atoms with E-state index in [1.807, 2.05) is 6.07 Å². The topological polar surface area (TPSA) is 139 Å². The molecule has 2 atom stereocenters. The van der Waals surface area contributed by atoms with Gasteiger partial charge in [-0.1, -0.05) is 54.1 Å². The van der Waals surface area contributed by atoms with Crippen LogP contribution in [0.4, 0.5) is 11.4 Å². The highest BCUT2D eigenvalue weighted by molar-refractivity contribution is 7.93. The van der Waals surface area contributed by atoms with Crippen molar-refractivity contribution < 1.29 is 22.8 Å². The van der Waals surface area contributed by atoms with Crippen LogP contribution in [-0.4, -0.2) is 38.2 Å². The molecule has 0 aliphatic carbocycles. The van der Waals surface area contributed by atoms with Gasteiger partial charge in [0, 0.05) is 11.4 Å². The second-order valence-corrected chi connectivity index (χ2v) is 11.3. The molecule has 1 aliphatic heterocycles. The van der Waals surface area contributed by atoms with Gasteiger partial charge in [-0.2, -0.15) is 0 Å². The Hall–Kier alpha value is -3.89. The molecule has 0 aromatic heterocycles. The van der Waals surface area contributed by atoms with Crippen LogP contribution >= 0.6 is 11.6 Å². The number of anilines is 2. The van der Waals surface area contributed by atoms with Crippen LogP contribution in [0, 0.1) is 13.8 Å². The number of nitrogens with one attached hydrogen (secondary N) is 2. The van der Waals surface area contributed by atoms with Gasteiger partial charge in [0.25, 0.3) is 10.0 Å². The number of aryl methyl sites for hydroxylation is 2. The molecule has 3 aromatic rings. The molecule has 0 fully saturated rings. The van der Waals surface area contributed by atoms with Crippen molar-refractivity contribution in [3.05, 3.63) is 88.4 Å². The molecule has 3 amide bonds. The lowest BCUT2D eigenvalue weighted by Crippen LogP contribution is -2.54. The molecular weight excluding hydrogens is 528 g/mol. The Morgan fingerprint density at radius 2 is 1.71 bits per heavy atom. The van der Waals surface area contributed by atoms with Crippen LogP contribution < -0.4 is 20.7 Å². The minimum Gasteiger partial charge on any atom is -0.368 e. The number of fused-ring (bicyclic) bond motifs is 1. The Labute approximate surface area is 226 Å². The Morgan fingerprint density at radius 1 is 1.05 bits per heavy atom. The number of amides is 3. The van der Waals surface area contributed by atoms with E-state index in [1.165, 1.54) is 6.07 Å². The first-order valence-corrected chi connectivity index (χ1v) is 13.6. The summed E-state index contributed by atoms with van der Waals surface area (Å²) in [7, 11) is -4.32. The van der Waals surface area contributed by atoms with Crippen molar-refractivity contribution >= 4 is 50.7 Å². The number of para-hydroxylation sites is 2. The number of primary amides is 1. The number of halogens is 1. The van der Waals surface area contributed by atoms with Crippen LogP contribution in [0.1, 0.15) is 23.1 Å². The predicted octanol–water partition coefficient (Wildman–Crippen LogP) is 3.08. The lowest BCUT2D eigenvalue weighted by Gasteiger charge is -2.37. The van der Waals surface area contributed by atoms with Crippen molar-refractivity contribution in [2.45, 2.75) is 43.7 Å². The van der Waals surface area contributed by atoms with E-state index in [9.17, 15) is 22.8 Å². The van der Waals surface area contributed by atoms with Crippen LogP contribution in [0.25, 0.3) is 0 Å². The summed E-state index contributed by atoms with van der Waals surface area (Å²) in [5.74, 6) is -2.13. The first-order valence-electron chi connectivity index (χ1n) is 11.8. The third-order valence-electron chi connectivity index (χ3n) is 6.32. The summed E-state index contributed by atoms with van der Waals surface area (Å²) < 4.78 is 29.0. The van der Waals surface area contributed by atoms with Gasteiger partial charge in [-0.25, -0.2) is 8.42 Å². The van der Waals surface area contributed by atoms with E-state index in [4.69, 9.17) is 17.3 Å². The van der Waals surface area contributed by atoms with Gasteiger partial charge in [0.15, 0.2) is 0 Å². The first-order chi connectivity index (χ1) is 18.0. The average Bonchev–Trinajstić information content (AvgIpc) is 2.86. The van der Waals surface area contributed by atoms with E-state index in [1.54, 1.807) is 68.4 Å². The maximum absolute atomic E-state index is 14.0. The van der Waals surface area contributed by atoms with Crippen LogP contribution in [0.5, 0.6) is 0 Å². The monoisotopic (exact) mass is 554 g/mol. The minimum atomic E-state index is -4.32. The molecule has 0 radical (unpaired) electrons. The van der Waals surface area contributed by atoms with Crippen LogP contribution in [-0.2, 0) is 30.8 Å². The molecule has 4 N–H and O–H groups in total. The molecular formula is C27H27ClN4O5S. The molecule has 9 nitrogen and oxygen atoms in total. The summed E-state index contributed by atoms with van der Waals surface area (Å²) in [6, 6.07) is 15.9. The summed E-state index contributed by atoms with van der Waals surface area (Å²) in [6.07, 6.45) is -0.392. The fraction of sp³-hybridized carbons (Fsp3) is 0.222. The standard InChI is InChI=1S/C27H27ClN4O5S/c1-16-13-24(17(2)12-19(16)28)38(36,37)32-22-11-7-6-10-20(22)31-27(35)23(32)15-25(33)30-21(26(29)34)14-18-8-4-3-5-9-18/h3-13,21,23H,14-15H2,1-2H3,(H2,29,34)(H,30,33)(H,31,35). The number of rotatable bonds is 8. The molecule has 0 saturated carbocycles. The number of hydrogen-bond donors (Lipinski definition) is 3. The highest BCUT2D eigenvalue weighted by Gasteiger charge is 2.42. The van der Waals surface area contributed by atoms with Gasteiger partial charge in [0.1, 0.15) is 12.1 Å². The van der Waals surface area contributed by atoms with E-state index in [0.29, 0.717) is 21.8 Å². The summed E-state index contributed by atoms with van der Waals surface area (Å²) in [6.45, 7) is 3.29. The highest BCUT2D eigenvalue weighted by Crippen LogP contribution is 2.38. The summed E-state index contributed by atoms with van der Waals surface area (Å²) in [5.41, 5.74) is 7.74. The van der Waals surface area contributed by atoms with Crippen LogP contribution in [0.15, 0.2) is 71.6 Å². The van der Waals surface area contributed by atoms with Gasteiger partial charge in [0.05, 0.1) is 22.7 Å². The Bertz CT molecular complexity index is 1510. The third-order valence-corrected chi connectivity index (χ3v) is 8.69. The second-order valence-electron chi connectivity index (χ2n) is 9.11. The maximum atomic E-state index is 14.0. The van der Waals surface area contributed by atoms with E-state index >= 15 is 0 Å². The number of nitrogens with two attached hydrogens (primary N) is 1. The Kier molecular flexibility index (Phi) is 7.75. The van der Waals surface area contributed by atoms with Gasteiger partial charge >= 0.3 is 0 Å². The zero-order valence-electron chi connectivity index (χ0n) is 20.8. The number of nitrogens with zero attached hydrogens (tertiary/aromatic N) is 1. The Morgan fingerprint density at radius 3 is 2.39 bits per heavy atom. The lowest BCUT2D eigenvalue weighted by atomic mass is 10.0. The number of carbonyl (C=O) groups is 3. The molecule has 0 bridgehead atoms. The van der Waals surface area contributed by atoms with Crippen molar-refractivity contribution in [1.29, 1.82) is 0 Å². The molecule has 3 aromatic carbocycles. The zero-order chi connectivity index (χ0) is 27.6. The van der Waals surface area contributed by atoms with E-state index in [2.05, 4.69) is 10.6 Å². The SMILES string of the molecule is Cc1cc(S(=O)(=O)N2c3ccccc3NC(=O)C2CC(=O)NC(Cc2ccccc2)C(N)=O)c(C)cc1Cl. The van der Waals surface area contributed by atoms with Crippen molar-refractivity contribution in [3.8, 4) is 0 Å². The van der Waals surface area contributed by atoms with Gasteiger partial charge in [-0.15, -0.1) is 0 Å². The first kappa shape index (κ1) is 27.2. The van der Waals surface area contributed by atoms with E-state index < -0.39 is 46.2 Å². The molecule has 198 valence electrons. The van der Waals surface area contributed by atoms with Crippen LogP contribution in [0.3, 0.4) is 0 Å². The molecule has 1 heterocycles. The Balaban J connectivity index is 1.69. The summed E-state index contributed by atoms with van der Waals surface area (Å²) in [4.78, 5) is 38.3. The predicted molar refractivity (Wildman–Crippen MR) is 145 cm³/mol. The maximum Gasteiger partial charge on any atom is 0.265 e. The summed E-state index contributed by atoms with van der Waals surface area (Å²) in [5, 5.41) is 5.65. The quantitative estimate of drug-likeness (QED) is 0.393. The van der Waals surface area contributed by atoms with E-state index in [0.717, 1.165) is 9.87 Å². The number of hydrogen-bond acceptors (Lipinski definition) is 5. The number of carbonyl (C=O) groups excluding carboxylic acids is 3. The largest absolute Gasteiger partial charge is 0.368 e. The third kappa shape index (κ3) is 5.51. The zero-order valence-corrected chi connectivity index (χ0v) is 22.3. The summed E-state index contributed by atoms with van der Waals surface area (Å²) >= 11 is 6.19. The van der Waals surface area contributed by atoms with Gasteiger partial charge in [0.2, 0.25) is 17.7 Å². The molecule has 0 saturated heterocycles. The minimum absolute atomic E-state index is 0.0339. The van der Waals surface area contributed by atoms with E-state index in [-0.39, 0.29) is 17.0 Å². The second kappa shape index (κ2) is 10.8. The van der Waals surface area contributed by atoms with Crippen molar-refractivity contribution in [3.63, 3.8) is 0 Å². The smallest absolute Gasteiger partial charge is 0.265 e. The van der Waals surface area contributed by atoms with Gasteiger partial charge < -0.3 is 16.4 Å². The molecule has 4 rings (SSSR count). The van der Waals surface area contributed by atoms with Gasteiger partial charge in [-0.05, 0) is 54.8 Å². The molecule has 0 spiro atoms. The number of sulfonamides is 1. The number of benzene rings is 3. The average molecular weight is 555 g/mol. The molecule has 11 heteroatoms. The molecule has 2 unspecified atom stereocenters. The van der Waals surface area contributed by atoms with Gasteiger partial charge in [-0.3, -0.25) is 18.7 Å². The fourth-order valence-electron chi connectivity index (χ4n) is 4.37. The van der Waals surface area contributed by atoms with Crippen molar-refractivity contribution in [1.82, 2.24) is 5.32 Å². The molecule has 1 aliphatic rings. The molecule has 38 heavy (non-hydrogen) atoms. The van der Waals surface area contributed by atoms with Crippen molar-refractivity contribution in [2.24, 2.45) is 5.73 Å². The normalized spacial score (nSPS) is 15.8. The highest BCUT2D eigenvalue weighted by atomic mass is 35.5. The van der Waals surface area contributed by atoms with Crippen LogP contribution in [0.2, 0.25) is 5.02 Å². The van der Waals surface area contributed by atoms with Crippen molar-refractivity contribution in [2.75, 3.05) is 9.62 Å². The fourth-order valence-corrected chi connectivity index (χ4v) is 6.52. The lowest BCUT2D eigenvalue weighted by molar-refractivity contribution is -0.128.